The van der Waals surface area contributed by atoms with Crippen LogP contribution in [-0.2, 0) is 4.79 Å². The maximum absolute atomic E-state index is 11.8. The second-order valence-electron chi connectivity index (χ2n) is 5.77. The topological polar surface area (TPSA) is 41.1 Å². The molecule has 0 fully saturated rings. The highest BCUT2D eigenvalue weighted by molar-refractivity contribution is 6.30. The lowest BCUT2D eigenvalue weighted by molar-refractivity contribution is -0.121. The Balaban J connectivity index is 2.40. The molecule has 0 bridgehead atoms. The highest BCUT2D eigenvalue weighted by atomic mass is 35.5. The van der Waals surface area contributed by atoms with Gasteiger partial charge in [0.25, 0.3) is 0 Å². The van der Waals surface area contributed by atoms with Gasteiger partial charge in [-0.1, -0.05) is 23.7 Å². The molecule has 4 heteroatoms. The van der Waals surface area contributed by atoms with Gasteiger partial charge in [0.05, 0.1) is 6.04 Å². The number of carbonyl (C=O) groups excluding carboxylic acids is 1. The van der Waals surface area contributed by atoms with E-state index in [0.29, 0.717) is 18.0 Å². The molecule has 1 aromatic carbocycles. The molecule has 0 aliphatic heterocycles. The van der Waals surface area contributed by atoms with Crippen LogP contribution >= 0.6 is 11.6 Å². The zero-order valence-electron chi connectivity index (χ0n) is 12.1. The zero-order chi connectivity index (χ0) is 14.5. The lowest BCUT2D eigenvalue weighted by Crippen LogP contribution is -2.38. The first-order valence-corrected chi connectivity index (χ1v) is 6.95. The third-order valence-corrected chi connectivity index (χ3v) is 2.97. The van der Waals surface area contributed by atoms with Crippen molar-refractivity contribution in [2.75, 3.05) is 6.54 Å². The molecule has 0 aliphatic carbocycles. The summed E-state index contributed by atoms with van der Waals surface area (Å²) in [5.41, 5.74) is 1.06. The molecule has 1 aromatic rings. The number of carbonyl (C=O) groups is 1. The van der Waals surface area contributed by atoms with Crippen molar-refractivity contribution in [3.8, 4) is 0 Å². The molecule has 2 N–H and O–H groups in total. The fourth-order valence-corrected chi connectivity index (χ4v) is 1.92. The summed E-state index contributed by atoms with van der Waals surface area (Å²) in [5, 5.41) is 6.95. The average Bonchev–Trinajstić information content (AvgIpc) is 2.27. The van der Waals surface area contributed by atoms with Gasteiger partial charge in [0.15, 0.2) is 0 Å². The van der Waals surface area contributed by atoms with Gasteiger partial charge in [-0.25, -0.2) is 0 Å². The van der Waals surface area contributed by atoms with Gasteiger partial charge in [-0.15, -0.1) is 0 Å². The number of hydrogen-bond acceptors (Lipinski definition) is 2. The summed E-state index contributed by atoms with van der Waals surface area (Å²) in [4.78, 5) is 11.8. The van der Waals surface area contributed by atoms with Gasteiger partial charge in [0.1, 0.15) is 0 Å². The first-order chi connectivity index (χ1) is 8.78. The molecule has 1 rings (SSSR count). The molecule has 0 saturated carbocycles. The van der Waals surface area contributed by atoms with Crippen molar-refractivity contribution >= 4 is 17.5 Å². The van der Waals surface area contributed by atoms with Gasteiger partial charge in [0, 0.05) is 23.5 Å². The van der Waals surface area contributed by atoms with E-state index in [0.717, 1.165) is 5.56 Å². The molecular formula is C15H23ClN2O. The largest absolute Gasteiger partial charge is 0.350 e. The van der Waals surface area contributed by atoms with Gasteiger partial charge in [0.2, 0.25) is 5.91 Å². The van der Waals surface area contributed by atoms with E-state index in [2.05, 4.69) is 31.4 Å². The maximum atomic E-state index is 11.8. The van der Waals surface area contributed by atoms with Crippen LogP contribution in [0.15, 0.2) is 24.3 Å². The van der Waals surface area contributed by atoms with E-state index in [4.69, 9.17) is 11.6 Å². The molecule has 3 nitrogen and oxygen atoms in total. The SMILES string of the molecule is C[C@@H](NC(=O)CCNC(C)(C)C)c1cccc(Cl)c1. The Hall–Kier alpha value is -1.06. The minimum Gasteiger partial charge on any atom is -0.350 e. The summed E-state index contributed by atoms with van der Waals surface area (Å²) in [6, 6.07) is 7.53. The summed E-state index contributed by atoms with van der Waals surface area (Å²) >= 11 is 5.94. The van der Waals surface area contributed by atoms with Crippen molar-refractivity contribution in [1.82, 2.24) is 10.6 Å². The smallest absolute Gasteiger partial charge is 0.221 e. The van der Waals surface area contributed by atoms with Gasteiger partial charge in [-0.2, -0.15) is 0 Å². The van der Waals surface area contributed by atoms with Gasteiger partial charge >= 0.3 is 0 Å². The van der Waals surface area contributed by atoms with Crippen molar-refractivity contribution in [1.29, 1.82) is 0 Å². The van der Waals surface area contributed by atoms with E-state index in [1.54, 1.807) is 0 Å². The van der Waals surface area contributed by atoms with Crippen LogP contribution in [0, 0.1) is 0 Å². The lowest BCUT2D eigenvalue weighted by atomic mass is 10.1. The van der Waals surface area contributed by atoms with Crippen molar-refractivity contribution in [3.05, 3.63) is 34.9 Å². The standard InChI is InChI=1S/C15H23ClN2O/c1-11(12-6-5-7-13(16)10-12)18-14(19)8-9-17-15(2,3)4/h5-7,10-11,17H,8-9H2,1-4H3,(H,18,19)/t11-/m1/s1. The van der Waals surface area contributed by atoms with Crippen LogP contribution in [0.25, 0.3) is 0 Å². The molecule has 0 aromatic heterocycles. The van der Waals surface area contributed by atoms with Crippen molar-refractivity contribution < 1.29 is 4.79 Å². The Morgan fingerprint density at radius 3 is 2.63 bits per heavy atom. The quantitative estimate of drug-likeness (QED) is 0.870. The fourth-order valence-electron chi connectivity index (χ4n) is 1.72. The van der Waals surface area contributed by atoms with E-state index < -0.39 is 0 Å². The van der Waals surface area contributed by atoms with Crippen LogP contribution in [0.2, 0.25) is 5.02 Å². The Morgan fingerprint density at radius 1 is 1.37 bits per heavy atom. The number of hydrogen-bond donors (Lipinski definition) is 2. The number of amides is 1. The number of nitrogens with one attached hydrogen (secondary N) is 2. The summed E-state index contributed by atoms with van der Waals surface area (Å²) in [7, 11) is 0. The molecule has 0 spiro atoms. The van der Waals surface area contributed by atoms with Gasteiger partial charge in [-0.05, 0) is 45.4 Å². The Bertz CT molecular complexity index is 426. The summed E-state index contributed by atoms with van der Waals surface area (Å²) in [6.45, 7) is 8.89. The van der Waals surface area contributed by atoms with E-state index in [1.165, 1.54) is 0 Å². The lowest BCUT2D eigenvalue weighted by Gasteiger charge is -2.21. The van der Waals surface area contributed by atoms with Gasteiger partial charge < -0.3 is 10.6 Å². The molecule has 0 unspecified atom stereocenters. The van der Waals surface area contributed by atoms with E-state index in [1.807, 2.05) is 31.2 Å². The van der Waals surface area contributed by atoms with E-state index in [9.17, 15) is 4.79 Å². The molecule has 1 atom stereocenters. The Labute approximate surface area is 120 Å². The molecule has 0 radical (unpaired) electrons. The van der Waals surface area contributed by atoms with Crippen molar-refractivity contribution in [2.24, 2.45) is 0 Å². The second-order valence-corrected chi connectivity index (χ2v) is 6.21. The van der Waals surface area contributed by atoms with Crippen molar-refractivity contribution in [3.63, 3.8) is 0 Å². The summed E-state index contributed by atoms with van der Waals surface area (Å²) < 4.78 is 0. The molecule has 1 amide bonds. The predicted molar refractivity (Wildman–Crippen MR) is 80.4 cm³/mol. The third kappa shape index (κ3) is 6.60. The highest BCUT2D eigenvalue weighted by Gasteiger charge is 2.12. The summed E-state index contributed by atoms with van der Waals surface area (Å²) in [6.07, 6.45) is 0.474. The molecule has 0 saturated heterocycles. The summed E-state index contributed by atoms with van der Waals surface area (Å²) in [5.74, 6) is 0.0456. The van der Waals surface area contributed by atoms with E-state index in [-0.39, 0.29) is 17.5 Å². The van der Waals surface area contributed by atoms with E-state index >= 15 is 0 Å². The monoisotopic (exact) mass is 282 g/mol. The second kappa shape index (κ2) is 6.92. The molecule has 0 heterocycles. The minimum absolute atomic E-state index is 0.0270. The van der Waals surface area contributed by atoms with Crippen molar-refractivity contribution in [2.45, 2.75) is 45.7 Å². The number of rotatable bonds is 5. The third-order valence-electron chi connectivity index (χ3n) is 2.73. The average molecular weight is 283 g/mol. The first-order valence-electron chi connectivity index (χ1n) is 6.58. The van der Waals surface area contributed by atoms with Crippen LogP contribution in [0.3, 0.4) is 0 Å². The maximum Gasteiger partial charge on any atom is 0.221 e. The van der Waals surface area contributed by atoms with Gasteiger partial charge in [-0.3, -0.25) is 4.79 Å². The molecule has 106 valence electrons. The van der Waals surface area contributed by atoms with Crippen LogP contribution in [0.1, 0.15) is 45.7 Å². The highest BCUT2D eigenvalue weighted by Crippen LogP contribution is 2.17. The van der Waals surface area contributed by atoms with Crippen LogP contribution in [-0.4, -0.2) is 18.0 Å². The van der Waals surface area contributed by atoms with Crippen LogP contribution < -0.4 is 10.6 Å². The Kier molecular flexibility index (Phi) is 5.83. The zero-order valence-corrected chi connectivity index (χ0v) is 12.8. The molecular weight excluding hydrogens is 260 g/mol. The molecule has 0 aliphatic rings. The number of halogens is 1. The number of benzene rings is 1. The first kappa shape index (κ1) is 16.0. The Morgan fingerprint density at radius 2 is 2.05 bits per heavy atom. The predicted octanol–water partition coefficient (Wildman–Crippen LogP) is 3.30. The van der Waals surface area contributed by atoms with Crippen LogP contribution in [0.4, 0.5) is 0 Å². The normalized spacial score (nSPS) is 13.1. The fraction of sp³-hybridized carbons (Fsp3) is 0.533. The van der Waals surface area contributed by atoms with Crippen LogP contribution in [0.5, 0.6) is 0 Å². The minimum atomic E-state index is -0.0270. The molecule has 19 heavy (non-hydrogen) atoms.